The Morgan fingerprint density at radius 1 is 1.07 bits per heavy atom. The molecule has 0 bridgehead atoms. The molecular weight excluding hydrogens is 392 g/mol. The largest absolute Gasteiger partial charge is 0.493 e. The molecule has 0 fully saturated rings. The van der Waals surface area contributed by atoms with E-state index in [0.717, 1.165) is 24.3 Å². The molecule has 0 spiro atoms. The van der Waals surface area contributed by atoms with E-state index in [2.05, 4.69) is 0 Å². The summed E-state index contributed by atoms with van der Waals surface area (Å²) >= 11 is 0. The first kappa shape index (κ1) is 20.7. The number of ether oxygens (including phenoxy) is 2. The van der Waals surface area contributed by atoms with E-state index in [1.165, 1.54) is 12.1 Å². The quantitative estimate of drug-likeness (QED) is 0.461. The molecule has 0 atom stereocenters. The molecule has 0 aliphatic heterocycles. The van der Waals surface area contributed by atoms with Gasteiger partial charge in [0.15, 0.2) is 0 Å². The minimum atomic E-state index is -4.98. The maximum atomic E-state index is 13.6. The van der Waals surface area contributed by atoms with Gasteiger partial charge in [0, 0.05) is 6.07 Å². The fourth-order valence-corrected chi connectivity index (χ4v) is 2.77. The number of hydrogen-bond acceptors (Lipinski definition) is 4. The molecule has 0 unspecified atom stereocenters. The second-order valence-electron chi connectivity index (χ2n) is 6.30. The average Bonchev–Trinajstić information content (AvgIpc) is 2.68. The van der Waals surface area contributed by atoms with E-state index in [-0.39, 0.29) is 16.7 Å². The fourth-order valence-electron chi connectivity index (χ4n) is 2.77. The lowest BCUT2D eigenvalue weighted by Crippen LogP contribution is -2.16. The minimum absolute atomic E-state index is 0.0594. The third kappa shape index (κ3) is 4.36. The molecule has 0 saturated carbocycles. The lowest BCUT2D eigenvalue weighted by atomic mass is 10.1. The van der Waals surface area contributed by atoms with Crippen LogP contribution >= 0.6 is 0 Å². The van der Waals surface area contributed by atoms with E-state index in [1.807, 2.05) is 13.8 Å². The third-order valence-electron chi connectivity index (χ3n) is 4.17. The van der Waals surface area contributed by atoms with Crippen LogP contribution in [0.3, 0.4) is 0 Å². The van der Waals surface area contributed by atoms with E-state index in [1.54, 1.807) is 0 Å². The molecule has 1 aromatic heterocycles. The summed E-state index contributed by atoms with van der Waals surface area (Å²) in [6.45, 7) is 4.11. The lowest BCUT2D eigenvalue weighted by Gasteiger charge is -2.15. The standard InChI is InChI=1S/C21H18F4O4/c1-3-9-27-16-11-17-15(10-12(16)4-2)18(26)19(20(29-17)21(23,24)25)28-14-7-5-13(22)6-8-14/h5-8,10-11H,3-4,9H2,1-2H3. The molecule has 0 radical (unpaired) electrons. The summed E-state index contributed by atoms with van der Waals surface area (Å²) in [5, 5.41) is -0.0594. The average molecular weight is 410 g/mol. The van der Waals surface area contributed by atoms with Crippen molar-refractivity contribution < 1.29 is 31.5 Å². The van der Waals surface area contributed by atoms with Crippen LogP contribution in [0.2, 0.25) is 0 Å². The van der Waals surface area contributed by atoms with Crippen molar-refractivity contribution in [3.05, 3.63) is 63.8 Å². The Labute approximate surface area is 163 Å². The minimum Gasteiger partial charge on any atom is -0.493 e. The summed E-state index contributed by atoms with van der Waals surface area (Å²) in [4.78, 5) is 12.9. The molecule has 4 nitrogen and oxygen atoms in total. The summed E-state index contributed by atoms with van der Waals surface area (Å²) in [5.74, 6) is -2.91. The van der Waals surface area contributed by atoms with Crippen LogP contribution in [0.25, 0.3) is 11.0 Å². The number of aryl methyl sites for hydroxylation is 1. The van der Waals surface area contributed by atoms with Crippen molar-refractivity contribution in [2.45, 2.75) is 32.9 Å². The van der Waals surface area contributed by atoms with Gasteiger partial charge in [0.05, 0.1) is 12.0 Å². The number of alkyl halides is 3. The molecule has 0 amide bonds. The van der Waals surface area contributed by atoms with Crippen molar-refractivity contribution in [2.75, 3.05) is 6.61 Å². The van der Waals surface area contributed by atoms with Crippen LogP contribution in [-0.2, 0) is 12.6 Å². The number of rotatable bonds is 6. The van der Waals surface area contributed by atoms with Crippen molar-refractivity contribution in [3.63, 3.8) is 0 Å². The second kappa shape index (κ2) is 8.14. The first-order valence-corrected chi connectivity index (χ1v) is 9.01. The molecule has 0 aliphatic rings. The van der Waals surface area contributed by atoms with Crippen molar-refractivity contribution in [2.24, 2.45) is 0 Å². The fraction of sp³-hybridized carbons (Fsp3) is 0.286. The highest BCUT2D eigenvalue weighted by Crippen LogP contribution is 2.39. The van der Waals surface area contributed by atoms with Gasteiger partial charge in [0.2, 0.25) is 11.2 Å². The van der Waals surface area contributed by atoms with Gasteiger partial charge in [-0.1, -0.05) is 13.8 Å². The van der Waals surface area contributed by atoms with Crippen LogP contribution in [0.5, 0.6) is 17.2 Å². The van der Waals surface area contributed by atoms with Crippen molar-refractivity contribution in [1.29, 1.82) is 0 Å². The van der Waals surface area contributed by atoms with Crippen LogP contribution in [0.15, 0.2) is 45.6 Å². The summed E-state index contributed by atoms with van der Waals surface area (Å²) in [5.41, 5.74) is -0.567. The lowest BCUT2D eigenvalue weighted by molar-refractivity contribution is -0.154. The zero-order chi connectivity index (χ0) is 21.2. The molecule has 0 saturated heterocycles. The highest BCUT2D eigenvalue weighted by Gasteiger charge is 2.40. The van der Waals surface area contributed by atoms with Gasteiger partial charge in [-0.25, -0.2) is 4.39 Å². The van der Waals surface area contributed by atoms with Crippen molar-refractivity contribution in [3.8, 4) is 17.2 Å². The van der Waals surface area contributed by atoms with Gasteiger partial charge in [-0.05, 0) is 48.7 Å². The first-order chi connectivity index (χ1) is 13.7. The maximum absolute atomic E-state index is 13.6. The molecule has 3 aromatic rings. The third-order valence-corrected chi connectivity index (χ3v) is 4.17. The Bertz CT molecular complexity index is 1070. The molecule has 2 aromatic carbocycles. The zero-order valence-corrected chi connectivity index (χ0v) is 15.7. The number of benzene rings is 2. The molecule has 3 rings (SSSR count). The van der Waals surface area contributed by atoms with Gasteiger partial charge in [-0.2, -0.15) is 13.2 Å². The van der Waals surface area contributed by atoms with Crippen LogP contribution in [0.1, 0.15) is 31.6 Å². The summed E-state index contributed by atoms with van der Waals surface area (Å²) in [7, 11) is 0. The van der Waals surface area contributed by atoms with Crippen LogP contribution in [-0.4, -0.2) is 6.61 Å². The predicted octanol–water partition coefficient (Wildman–Crippen LogP) is 6.09. The van der Waals surface area contributed by atoms with Gasteiger partial charge < -0.3 is 13.9 Å². The first-order valence-electron chi connectivity index (χ1n) is 9.01. The predicted molar refractivity (Wildman–Crippen MR) is 99.1 cm³/mol. The van der Waals surface area contributed by atoms with Gasteiger partial charge in [-0.15, -0.1) is 0 Å². The molecule has 8 heteroatoms. The van der Waals surface area contributed by atoms with Gasteiger partial charge in [-0.3, -0.25) is 4.79 Å². The van der Waals surface area contributed by atoms with E-state index in [0.29, 0.717) is 30.8 Å². The van der Waals surface area contributed by atoms with E-state index >= 15 is 0 Å². The summed E-state index contributed by atoms with van der Waals surface area (Å²) in [6.07, 6.45) is -3.76. The van der Waals surface area contributed by atoms with E-state index < -0.39 is 28.9 Å². The Balaban J connectivity index is 2.22. The van der Waals surface area contributed by atoms with Gasteiger partial charge >= 0.3 is 6.18 Å². The van der Waals surface area contributed by atoms with Crippen LogP contribution in [0.4, 0.5) is 17.6 Å². The summed E-state index contributed by atoms with van der Waals surface area (Å²) < 4.78 is 69.6. The highest BCUT2D eigenvalue weighted by molar-refractivity contribution is 5.81. The van der Waals surface area contributed by atoms with Gasteiger partial charge in [0.1, 0.15) is 22.9 Å². The molecule has 29 heavy (non-hydrogen) atoms. The topological polar surface area (TPSA) is 48.7 Å². The second-order valence-corrected chi connectivity index (χ2v) is 6.30. The monoisotopic (exact) mass is 410 g/mol. The molecule has 154 valence electrons. The van der Waals surface area contributed by atoms with Crippen LogP contribution in [0, 0.1) is 5.82 Å². The highest BCUT2D eigenvalue weighted by atomic mass is 19.4. The Morgan fingerprint density at radius 2 is 1.76 bits per heavy atom. The maximum Gasteiger partial charge on any atom is 0.453 e. The molecule has 0 N–H and O–H groups in total. The Morgan fingerprint density at radius 3 is 2.34 bits per heavy atom. The molecule has 0 aliphatic carbocycles. The van der Waals surface area contributed by atoms with Gasteiger partial charge in [0.25, 0.3) is 5.76 Å². The smallest absolute Gasteiger partial charge is 0.453 e. The van der Waals surface area contributed by atoms with E-state index in [9.17, 15) is 22.4 Å². The Hall–Kier alpha value is -3.03. The number of halogens is 4. The zero-order valence-electron chi connectivity index (χ0n) is 15.7. The van der Waals surface area contributed by atoms with Crippen LogP contribution < -0.4 is 14.9 Å². The number of fused-ring (bicyclic) bond motifs is 1. The Kier molecular flexibility index (Phi) is 5.81. The van der Waals surface area contributed by atoms with E-state index in [4.69, 9.17) is 13.9 Å². The molecular formula is C21H18F4O4. The van der Waals surface area contributed by atoms with Crippen molar-refractivity contribution in [1.82, 2.24) is 0 Å². The summed E-state index contributed by atoms with van der Waals surface area (Å²) in [6, 6.07) is 7.01. The van der Waals surface area contributed by atoms with Crippen molar-refractivity contribution >= 4 is 11.0 Å². The molecule has 1 heterocycles. The number of hydrogen-bond donors (Lipinski definition) is 0. The normalized spacial score (nSPS) is 11.7. The SMILES string of the molecule is CCCOc1cc2oc(C(F)(F)F)c(Oc3ccc(F)cc3)c(=O)c2cc1CC.